The zero-order valence-electron chi connectivity index (χ0n) is 22.2. The molecule has 0 amide bonds. The fourth-order valence-electron chi connectivity index (χ4n) is 5.51. The van der Waals surface area contributed by atoms with Crippen LogP contribution >= 0.6 is 12.4 Å². The van der Waals surface area contributed by atoms with Gasteiger partial charge in [0.15, 0.2) is 0 Å². The van der Waals surface area contributed by atoms with E-state index in [2.05, 4.69) is 53.4 Å². The van der Waals surface area contributed by atoms with E-state index in [9.17, 15) is 20.1 Å². The van der Waals surface area contributed by atoms with Gasteiger partial charge in [-0.2, -0.15) is 0 Å². The van der Waals surface area contributed by atoms with Crippen LogP contribution < -0.4 is 0 Å². The Morgan fingerprint density at radius 1 is 0.921 bits per heavy atom. The smallest absolute Gasteiger partial charge is 0.313 e. The molecule has 0 spiro atoms. The number of benzene rings is 3. The summed E-state index contributed by atoms with van der Waals surface area (Å²) >= 11 is 0. The highest BCUT2D eigenvalue weighted by Crippen LogP contribution is 2.36. The molecule has 1 heterocycles. The molecule has 204 valence electrons. The van der Waals surface area contributed by atoms with Gasteiger partial charge >= 0.3 is 5.97 Å². The molecule has 3 N–H and O–H groups in total. The highest BCUT2D eigenvalue weighted by atomic mass is 35.5. The minimum absolute atomic E-state index is 0. The second-order valence-corrected chi connectivity index (χ2v) is 10.8. The summed E-state index contributed by atoms with van der Waals surface area (Å²) in [4.78, 5) is 14.0. The summed E-state index contributed by atoms with van der Waals surface area (Å²) in [6.07, 6.45) is 2.01. The lowest BCUT2D eigenvalue weighted by Crippen LogP contribution is -2.48. The molecule has 3 aromatic carbocycles. The third-order valence-corrected chi connectivity index (χ3v) is 7.91. The Morgan fingerprint density at radius 2 is 1.47 bits per heavy atom. The van der Waals surface area contributed by atoms with Crippen molar-refractivity contribution in [2.24, 2.45) is 0 Å². The molecule has 1 saturated heterocycles. The van der Waals surface area contributed by atoms with Crippen LogP contribution in [-0.4, -0.2) is 51.4 Å². The largest absolute Gasteiger partial charge is 0.481 e. The molecule has 3 atom stereocenters. The molecule has 1 aliphatic rings. The van der Waals surface area contributed by atoms with Crippen LogP contribution in [0.5, 0.6) is 0 Å². The molecule has 0 radical (unpaired) electrons. The molecule has 3 aromatic rings. The van der Waals surface area contributed by atoms with E-state index >= 15 is 0 Å². The van der Waals surface area contributed by atoms with Crippen LogP contribution in [0, 0.1) is 0 Å². The zero-order valence-corrected chi connectivity index (χ0v) is 23.1. The number of hydrogen-bond acceptors (Lipinski definition) is 4. The second kappa shape index (κ2) is 13.4. The van der Waals surface area contributed by atoms with E-state index in [4.69, 9.17) is 0 Å². The van der Waals surface area contributed by atoms with Gasteiger partial charge in [0.25, 0.3) is 0 Å². The Labute approximate surface area is 232 Å². The summed E-state index contributed by atoms with van der Waals surface area (Å²) in [6.45, 7) is 5.04. The lowest BCUT2D eigenvalue weighted by Gasteiger charge is -2.43. The number of aliphatic hydroxyl groups is 2. The fourth-order valence-corrected chi connectivity index (χ4v) is 5.51. The summed E-state index contributed by atoms with van der Waals surface area (Å²) in [6, 6.07) is 28.5. The summed E-state index contributed by atoms with van der Waals surface area (Å²) in [5.41, 5.74) is 3.07. The van der Waals surface area contributed by atoms with E-state index in [0.717, 1.165) is 43.5 Å². The van der Waals surface area contributed by atoms with Gasteiger partial charge in [0.1, 0.15) is 0 Å². The molecule has 3 unspecified atom stereocenters. The van der Waals surface area contributed by atoms with Crippen molar-refractivity contribution >= 4 is 18.4 Å². The van der Waals surface area contributed by atoms with E-state index < -0.39 is 17.5 Å². The van der Waals surface area contributed by atoms with Gasteiger partial charge in [-0.25, -0.2) is 0 Å². The van der Waals surface area contributed by atoms with Crippen molar-refractivity contribution in [2.45, 2.75) is 69.1 Å². The van der Waals surface area contributed by atoms with Crippen molar-refractivity contribution in [2.75, 3.05) is 13.1 Å². The van der Waals surface area contributed by atoms with E-state index in [1.165, 1.54) is 11.1 Å². The van der Waals surface area contributed by atoms with E-state index in [1.807, 2.05) is 24.3 Å². The first kappa shape index (κ1) is 29.9. The molecule has 5 nitrogen and oxygen atoms in total. The number of rotatable bonds is 10. The number of carboxylic acids is 1. The van der Waals surface area contributed by atoms with Crippen molar-refractivity contribution < 1.29 is 20.1 Å². The maximum absolute atomic E-state index is 11.5. The number of piperidine rings is 1. The average molecular weight is 538 g/mol. The minimum Gasteiger partial charge on any atom is -0.481 e. The quantitative estimate of drug-likeness (QED) is 0.298. The summed E-state index contributed by atoms with van der Waals surface area (Å²) in [5.74, 6) is -0.710. The average Bonchev–Trinajstić information content (AvgIpc) is 2.91. The first-order chi connectivity index (χ1) is 17.8. The second-order valence-electron chi connectivity index (χ2n) is 10.8. The molecule has 0 bridgehead atoms. The number of nitrogens with zero attached hydrogens (tertiary/aromatic N) is 1. The number of halogens is 1. The third-order valence-electron chi connectivity index (χ3n) is 7.91. The summed E-state index contributed by atoms with van der Waals surface area (Å²) in [7, 11) is 0. The highest BCUT2D eigenvalue weighted by molar-refractivity contribution is 5.85. The topological polar surface area (TPSA) is 81.0 Å². The normalized spacial score (nSPS) is 19.1. The standard InChI is InChI=1S/C32H39NO4.ClH/c1-32(2,31(36)37)26-17-15-23(16-18-26)29(35)14-9-20-33-21-19-27(34)22-28(33)30(24-10-5-3-6-11-24)25-12-7-4-8-13-25;/h3-8,10-13,15-18,27-30,34-35H,9,14,19-22H2,1-2H3,(H,36,37);1H. The van der Waals surface area contributed by atoms with Gasteiger partial charge in [-0.05, 0) is 68.3 Å². The van der Waals surface area contributed by atoms with Crippen LogP contribution in [0.25, 0.3) is 0 Å². The Balaban J connectivity index is 0.00000400. The Hall–Kier alpha value is -2.70. The molecule has 1 fully saturated rings. The number of likely N-dealkylation sites (tertiary alicyclic amines) is 1. The van der Waals surface area contributed by atoms with Gasteiger partial charge in [0, 0.05) is 18.5 Å². The predicted octanol–water partition coefficient (Wildman–Crippen LogP) is 5.94. The molecular formula is C32H40ClNO4. The van der Waals surface area contributed by atoms with Gasteiger partial charge < -0.3 is 15.3 Å². The first-order valence-corrected chi connectivity index (χ1v) is 13.3. The van der Waals surface area contributed by atoms with Crippen LogP contribution in [0.1, 0.15) is 73.8 Å². The van der Waals surface area contributed by atoms with Crippen molar-refractivity contribution in [1.29, 1.82) is 0 Å². The molecule has 0 aromatic heterocycles. The highest BCUT2D eigenvalue weighted by Gasteiger charge is 2.35. The van der Waals surface area contributed by atoms with Gasteiger partial charge in [-0.3, -0.25) is 9.69 Å². The van der Waals surface area contributed by atoms with Gasteiger partial charge in [0.05, 0.1) is 17.6 Å². The number of aliphatic carboxylic acids is 1. The van der Waals surface area contributed by atoms with Crippen LogP contribution in [0.2, 0.25) is 0 Å². The SMILES string of the molecule is CC(C)(C(=O)O)c1ccc(C(O)CCCN2CCC(O)CC2C(c2ccccc2)c2ccccc2)cc1.Cl. The van der Waals surface area contributed by atoms with Crippen molar-refractivity contribution in [1.82, 2.24) is 4.90 Å². The Morgan fingerprint density at radius 3 is 2.00 bits per heavy atom. The van der Waals surface area contributed by atoms with E-state index in [0.29, 0.717) is 6.42 Å². The molecule has 6 heteroatoms. The monoisotopic (exact) mass is 537 g/mol. The van der Waals surface area contributed by atoms with E-state index in [-0.39, 0.29) is 30.5 Å². The Bertz CT molecular complexity index is 1100. The van der Waals surface area contributed by atoms with Crippen molar-refractivity contribution in [3.8, 4) is 0 Å². The number of carbonyl (C=O) groups is 1. The Kier molecular flexibility index (Phi) is 10.5. The maximum atomic E-state index is 11.5. The van der Waals surface area contributed by atoms with Crippen LogP contribution in [0.3, 0.4) is 0 Å². The zero-order chi connectivity index (χ0) is 26.4. The van der Waals surface area contributed by atoms with Crippen LogP contribution in [0.4, 0.5) is 0 Å². The summed E-state index contributed by atoms with van der Waals surface area (Å²) in [5, 5.41) is 30.9. The fraction of sp³-hybridized carbons (Fsp3) is 0.406. The number of hydrogen-bond donors (Lipinski definition) is 3. The van der Waals surface area contributed by atoms with Crippen LogP contribution in [0.15, 0.2) is 84.9 Å². The molecule has 38 heavy (non-hydrogen) atoms. The van der Waals surface area contributed by atoms with Crippen molar-refractivity contribution in [3.63, 3.8) is 0 Å². The van der Waals surface area contributed by atoms with Gasteiger partial charge in [-0.15, -0.1) is 12.4 Å². The molecule has 0 saturated carbocycles. The van der Waals surface area contributed by atoms with Gasteiger partial charge in [-0.1, -0.05) is 84.9 Å². The third kappa shape index (κ3) is 7.03. The lowest BCUT2D eigenvalue weighted by atomic mass is 9.79. The number of carboxylic acid groups (broad SMARTS) is 1. The molecule has 1 aliphatic heterocycles. The van der Waals surface area contributed by atoms with E-state index in [1.54, 1.807) is 26.0 Å². The number of aliphatic hydroxyl groups excluding tert-OH is 2. The van der Waals surface area contributed by atoms with Gasteiger partial charge in [0.2, 0.25) is 0 Å². The molecular weight excluding hydrogens is 498 g/mol. The predicted molar refractivity (Wildman–Crippen MR) is 154 cm³/mol. The lowest BCUT2D eigenvalue weighted by molar-refractivity contribution is -0.142. The molecule has 0 aliphatic carbocycles. The summed E-state index contributed by atoms with van der Waals surface area (Å²) < 4.78 is 0. The maximum Gasteiger partial charge on any atom is 0.313 e. The molecule has 4 rings (SSSR count). The van der Waals surface area contributed by atoms with Crippen molar-refractivity contribution in [3.05, 3.63) is 107 Å². The van der Waals surface area contributed by atoms with Crippen LogP contribution in [-0.2, 0) is 10.2 Å². The first-order valence-electron chi connectivity index (χ1n) is 13.3. The minimum atomic E-state index is -0.967.